The summed E-state index contributed by atoms with van der Waals surface area (Å²) in [5, 5.41) is 11.9. The van der Waals surface area contributed by atoms with Gasteiger partial charge in [0.25, 0.3) is 5.91 Å². The molecule has 0 saturated carbocycles. The second-order valence-electron chi connectivity index (χ2n) is 7.70. The maximum atomic E-state index is 13.2. The highest BCUT2D eigenvalue weighted by Crippen LogP contribution is 2.34. The Morgan fingerprint density at radius 1 is 1.12 bits per heavy atom. The molecular weight excluding hydrogens is 436 g/mol. The molecule has 0 saturated heterocycles. The van der Waals surface area contributed by atoms with Gasteiger partial charge in [0.15, 0.2) is 0 Å². The van der Waals surface area contributed by atoms with E-state index in [2.05, 4.69) is 15.7 Å². The predicted molar refractivity (Wildman–Crippen MR) is 128 cm³/mol. The number of nitrogens with zero attached hydrogens (tertiary/aromatic N) is 2. The molecule has 9 heteroatoms. The van der Waals surface area contributed by atoms with Gasteiger partial charge in [0.2, 0.25) is 5.91 Å². The number of hydrogen-bond acceptors (Lipinski definition) is 7. The first-order valence-corrected chi connectivity index (χ1v) is 10.8. The lowest BCUT2D eigenvalue weighted by atomic mass is 10.0. The number of hydrogen-bond donors (Lipinski definition) is 2. The smallest absolute Gasteiger partial charge is 0.262 e. The number of furan rings is 1. The Morgan fingerprint density at radius 3 is 2.56 bits per heavy atom. The average Bonchev–Trinajstić information content (AvgIpc) is 3.52. The monoisotopic (exact) mass is 462 g/mol. The van der Waals surface area contributed by atoms with Crippen LogP contribution in [0.5, 0.6) is 11.5 Å². The molecule has 9 nitrogen and oxygen atoms in total. The standard InChI is InChI=1S/C25H26N4O5/c1-16(30)27-21-13-18(8-11-23(21)33-3)26-15-25(31)29-22(24-5-4-12-34-24)14-20(28-29)17-6-9-19(32-2)10-7-17/h4-13,22,26H,14-15H2,1-3H3,(H,27,30)/t22-/m0/s1. The summed E-state index contributed by atoms with van der Waals surface area (Å²) in [6.45, 7) is 1.42. The second kappa shape index (κ2) is 10.1. The highest BCUT2D eigenvalue weighted by molar-refractivity contribution is 6.03. The molecule has 2 N–H and O–H groups in total. The number of carbonyl (C=O) groups is 2. The van der Waals surface area contributed by atoms with E-state index in [-0.39, 0.29) is 24.4 Å². The molecule has 1 aliphatic heterocycles. The number of carbonyl (C=O) groups excluding carboxylic acids is 2. The first-order valence-electron chi connectivity index (χ1n) is 10.8. The number of ether oxygens (including phenoxy) is 2. The molecule has 0 spiro atoms. The van der Waals surface area contributed by atoms with Gasteiger partial charge in [0, 0.05) is 19.0 Å². The third-order valence-electron chi connectivity index (χ3n) is 5.41. The average molecular weight is 463 g/mol. The van der Waals surface area contributed by atoms with Crippen LogP contribution in [0, 0.1) is 0 Å². The fourth-order valence-corrected chi connectivity index (χ4v) is 3.76. The lowest BCUT2D eigenvalue weighted by molar-refractivity contribution is -0.131. The van der Waals surface area contributed by atoms with E-state index in [0.717, 1.165) is 17.0 Å². The minimum Gasteiger partial charge on any atom is -0.497 e. The minimum atomic E-state index is -0.341. The second-order valence-corrected chi connectivity index (χ2v) is 7.70. The number of hydrazone groups is 1. The van der Waals surface area contributed by atoms with E-state index in [9.17, 15) is 9.59 Å². The van der Waals surface area contributed by atoms with Crippen molar-refractivity contribution < 1.29 is 23.5 Å². The normalized spacial score (nSPS) is 15.0. The van der Waals surface area contributed by atoms with Gasteiger partial charge in [-0.25, -0.2) is 5.01 Å². The van der Waals surface area contributed by atoms with Gasteiger partial charge in [-0.1, -0.05) is 0 Å². The van der Waals surface area contributed by atoms with Crippen LogP contribution in [0.15, 0.2) is 70.4 Å². The first-order chi connectivity index (χ1) is 16.5. The van der Waals surface area contributed by atoms with Crippen molar-refractivity contribution in [1.82, 2.24) is 5.01 Å². The van der Waals surface area contributed by atoms with Crippen molar-refractivity contribution in [2.24, 2.45) is 5.10 Å². The van der Waals surface area contributed by atoms with E-state index in [1.54, 1.807) is 37.6 Å². The summed E-state index contributed by atoms with van der Waals surface area (Å²) in [6.07, 6.45) is 2.11. The number of benzene rings is 2. The molecule has 1 atom stereocenters. The summed E-state index contributed by atoms with van der Waals surface area (Å²) in [7, 11) is 3.14. The van der Waals surface area contributed by atoms with Crippen molar-refractivity contribution in [3.05, 3.63) is 72.2 Å². The SMILES string of the molecule is COc1ccc(C2=NN(C(=O)CNc3ccc(OC)c(NC(C)=O)c3)[C@H](c3ccco3)C2)cc1. The maximum absolute atomic E-state index is 13.2. The Balaban J connectivity index is 1.52. The zero-order valence-electron chi connectivity index (χ0n) is 19.2. The molecule has 0 unspecified atom stereocenters. The van der Waals surface area contributed by atoms with Gasteiger partial charge in [-0.15, -0.1) is 0 Å². The molecule has 0 radical (unpaired) electrons. The number of methoxy groups -OCH3 is 2. The number of anilines is 2. The Labute approximate surface area is 197 Å². The van der Waals surface area contributed by atoms with Crippen molar-refractivity contribution in [1.29, 1.82) is 0 Å². The Bertz CT molecular complexity index is 1190. The van der Waals surface area contributed by atoms with Gasteiger partial charge in [-0.2, -0.15) is 5.10 Å². The molecule has 1 aliphatic rings. The molecule has 2 amide bonds. The molecule has 4 rings (SSSR count). The molecule has 34 heavy (non-hydrogen) atoms. The maximum Gasteiger partial charge on any atom is 0.262 e. The summed E-state index contributed by atoms with van der Waals surface area (Å²) >= 11 is 0. The summed E-state index contributed by atoms with van der Waals surface area (Å²) in [4.78, 5) is 24.7. The molecule has 2 aromatic carbocycles. The summed E-state index contributed by atoms with van der Waals surface area (Å²) in [6, 6.07) is 16.1. The quantitative estimate of drug-likeness (QED) is 0.523. The van der Waals surface area contributed by atoms with Crippen molar-refractivity contribution in [2.75, 3.05) is 31.4 Å². The Hall–Kier alpha value is -4.27. The highest BCUT2D eigenvalue weighted by atomic mass is 16.5. The van der Waals surface area contributed by atoms with Gasteiger partial charge in [0.05, 0.1) is 38.4 Å². The van der Waals surface area contributed by atoms with Gasteiger partial charge in [-0.3, -0.25) is 9.59 Å². The van der Waals surface area contributed by atoms with Crippen molar-refractivity contribution in [3.8, 4) is 11.5 Å². The van der Waals surface area contributed by atoms with Crippen LogP contribution in [0.3, 0.4) is 0 Å². The lowest BCUT2D eigenvalue weighted by Gasteiger charge is -2.20. The topological polar surface area (TPSA) is 105 Å². The summed E-state index contributed by atoms with van der Waals surface area (Å²) in [5.74, 6) is 1.50. The van der Waals surface area contributed by atoms with Crippen molar-refractivity contribution >= 4 is 28.9 Å². The summed E-state index contributed by atoms with van der Waals surface area (Å²) in [5.41, 5.74) is 2.87. The molecule has 176 valence electrons. The van der Waals surface area contributed by atoms with E-state index in [1.807, 2.05) is 30.3 Å². The number of nitrogens with one attached hydrogen (secondary N) is 2. The molecular formula is C25H26N4O5. The van der Waals surface area contributed by atoms with E-state index in [0.29, 0.717) is 29.3 Å². The van der Waals surface area contributed by atoms with Crippen LogP contribution >= 0.6 is 0 Å². The van der Waals surface area contributed by atoms with Gasteiger partial charge >= 0.3 is 0 Å². The molecule has 0 fully saturated rings. The van der Waals surface area contributed by atoms with Crippen molar-refractivity contribution in [3.63, 3.8) is 0 Å². The van der Waals surface area contributed by atoms with Crippen LogP contribution in [0.4, 0.5) is 11.4 Å². The fourth-order valence-electron chi connectivity index (χ4n) is 3.76. The molecule has 0 bridgehead atoms. The third-order valence-corrected chi connectivity index (χ3v) is 5.41. The first kappa shape index (κ1) is 22.9. The zero-order valence-corrected chi connectivity index (χ0v) is 19.2. The van der Waals surface area contributed by atoms with E-state index in [4.69, 9.17) is 13.9 Å². The number of amides is 2. The van der Waals surface area contributed by atoms with Gasteiger partial charge < -0.3 is 24.5 Å². The molecule has 3 aromatic rings. The van der Waals surface area contributed by atoms with Gasteiger partial charge in [-0.05, 0) is 60.2 Å². The predicted octanol–water partition coefficient (Wildman–Crippen LogP) is 4.05. The zero-order chi connectivity index (χ0) is 24.1. The lowest BCUT2D eigenvalue weighted by Crippen LogP contribution is -2.32. The largest absolute Gasteiger partial charge is 0.497 e. The summed E-state index contributed by atoms with van der Waals surface area (Å²) < 4.78 is 16.1. The molecule has 0 aliphatic carbocycles. The van der Waals surface area contributed by atoms with Crippen LogP contribution in [-0.4, -0.2) is 43.3 Å². The third kappa shape index (κ3) is 5.03. The van der Waals surface area contributed by atoms with Crippen molar-refractivity contribution in [2.45, 2.75) is 19.4 Å². The fraction of sp³-hybridized carbons (Fsp3) is 0.240. The Morgan fingerprint density at radius 2 is 1.91 bits per heavy atom. The minimum absolute atomic E-state index is 0.00242. The van der Waals surface area contributed by atoms with Crippen LogP contribution in [0.1, 0.15) is 30.7 Å². The molecule has 2 heterocycles. The van der Waals surface area contributed by atoms with Crippen LogP contribution in [0.2, 0.25) is 0 Å². The van der Waals surface area contributed by atoms with Crippen LogP contribution in [-0.2, 0) is 9.59 Å². The molecule has 1 aromatic heterocycles. The Kier molecular flexibility index (Phi) is 6.82. The van der Waals surface area contributed by atoms with Gasteiger partial charge in [0.1, 0.15) is 23.3 Å². The number of rotatable bonds is 8. The van der Waals surface area contributed by atoms with E-state index >= 15 is 0 Å². The van der Waals surface area contributed by atoms with Crippen LogP contribution < -0.4 is 20.1 Å². The van der Waals surface area contributed by atoms with E-state index < -0.39 is 0 Å². The highest BCUT2D eigenvalue weighted by Gasteiger charge is 2.34. The van der Waals surface area contributed by atoms with Crippen LogP contribution in [0.25, 0.3) is 0 Å². The van der Waals surface area contributed by atoms with E-state index in [1.165, 1.54) is 19.0 Å².